The average Bonchev–Trinajstić information content (AvgIpc) is 2.37. The van der Waals surface area contributed by atoms with Crippen molar-refractivity contribution < 1.29 is 22.6 Å². The summed E-state index contributed by atoms with van der Waals surface area (Å²) in [6.07, 6.45) is -4.11. The molecule has 0 amide bonds. The van der Waals surface area contributed by atoms with Crippen molar-refractivity contribution in [3.8, 4) is 5.88 Å². The Morgan fingerprint density at radius 1 is 1.30 bits per heavy atom. The van der Waals surface area contributed by atoms with E-state index in [1.54, 1.807) is 7.11 Å². The van der Waals surface area contributed by atoms with Crippen LogP contribution in [0.1, 0.15) is 26.0 Å². The molecule has 1 aromatic rings. The van der Waals surface area contributed by atoms with E-state index >= 15 is 0 Å². The van der Waals surface area contributed by atoms with Gasteiger partial charge in [0.25, 0.3) is 0 Å². The van der Waals surface area contributed by atoms with Gasteiger partial charge in [-0.05, 0) is 13.8 Å². The Balaban J connectivity index is 2.80. The van der Waals surface area contributed by atoms with E-state index in [-0.39, 0.29) is 18.4 Å². The molecular weight excluding hydrogens is 277 g/mol. The standard InChI is InChI=1S/C11H17F3N4O2/c1-10(2,19-3)4-5-20-8-6-7(11(12,13)14)16-9(17-8)18-15/h6H,4-5,15H2,1-3H3,(H,16,17,18). The summed E-state index contributed by atoms with van der Waals surface area (Å²) < 4.78 is 48.2. The minimum Gasteiger partial charge on any atom is -0.477 e. The second-order valence-corrected chi connectivity index (χ2v) is 4.62. The van der Waals surface area contributed by atoms with Gasteiger partial charge in [-0.3, -0.25) is 5.43 Å². The number of methoxy groups -OCH3 is 1. The first-order chi connectivity index (χ1) is 9.18. The Hall–Kier alpha value is -1.61. The van der Waals surface area contributed by atoms with E-state index in [0.29, 0.717) is 6.42 Å². The zero-order valence-corrected chi connectivity index (χ0v) is 11.4. The first-order valence-corrected chi connectivity index (χ1v) is 5.79. The Morgan fingerprint density at radius 2 is 1.95 bits per heavy atom. The van der Waals surface area contributed by atoms with Gasteiger partial charge >= 0.3 is 6.18 Å². The first-order valence-electron chi connectivity index (χ1n) is 5.79. The molecule has 0 aromatic carbocycles. The van der Waals surface area contributed by atoms with Crippen LogP contribution in [0, 0.1) is 0 Å². The SMILES string of the molecule is COC(C)(C)CCOc1cc(C(F)(F)F)nc(NN)n1. The van der Waals surface area contributed by atoms with E-state index < -0.39 is 17.5 Å². The third kappa shape index (κ3) is 4.82. The lowest BCUT2D eigenvalue weighted by molar-refractivity contribution is -0.141. The molecule has 0 spiro atoms. The van der Waals surface area contributed by atoms with Crippen LogP contribution in [0.15, 0.2) is 6.07 Å². The number of aromatic nitrogens is 2. The molecule has 0 bridgehead atoms. The van der Waals surface area contributed by atoms with Crippen molar-refractivity contribution in [2.75, 3.05) is 19.1 Å². The van der Waals surface area contributed by atoms with Crippen LogP contribution in [0.3, 0.4) is 0 Å². The van der Waals surface area contributed by atoms with Gasteiger partial charge in [0.05, 0.1) is 12.2 Å². The van der Waals surface area contributed by atoms with Gasteiger partial charge in [-0.15, -0.1) is 0 Å². The van der Waals surface area contributed by atoms with Crippen molar-refractivity contribution >= 4 is 5.95 Å². The molecule has 20 heavy (non-hydrogen) atoms. The van der Waals surface area contributed by atoms with Crippen LogP contribution in [0.2, 0.25) is 0 Å². The molecule has 0 aliphatic carbocycles. The molecule has 0 unspecified atom stereocenters. The predicted octanol–water partition coefficient (Wildman–Crippen LogP) is 1.97. The molecule has 0 aliphatic rings. The molecule has 0 aliphatic heterocycles. The van der Waals surface area contributed by atoms with Crippen molar-refractivity contribution in [3.05, 3.63) is 11.8 Å². The van der Waals surface area contributed by atoms with Gasteiger partial charge in [-0.25, -0.2) is 10.8 Å². The fraction of sp³-hybridized carbons (Fsp3) is 0.636. The van der Waals surface area contributed by atoms with Crippen molar-refractivity contribution in [2.45, 2.75) is 32.0 Å². The summed E-state index contributed by atoms with van der Waals surface area (Å²) in [5.74, 6) is 4.47. The van der Waals surface area contributed by atoms with Crippen LogP contribution in [0.25, 0.3) is 0 Å². The Labute approximate surface area is 114 Å². The van der Waals surface area contributed by atoms with E-state index in [9.17, 15) is 13.2 Å². The molecular formula is C11H17F3N4O2. The predicted molar refractivity (Wildman–Crippen MR) is 66.0 cm³/mol. The maximum absolute atomic E-state index is 12.6. The zero-order chi connectivity index (χ0) is 15.4. The number of nitrogens with one attached hydrogen (secondary N) is 1. The van der Waals surface area contributed by atoms with Gasteiger partial charge in [-0.1, -0.05) is 0 Å². The highest BCUT2D eigenvalue weighted by molar-refractivity contribution is 5.30. The number of hydrogen-bond acceptors (Lipinski definition) is 6. The minimum absolute atomic E-state index is 0.152. The molecule has 1 rings (SSSR count). The summed E-state index contributed by atoms with van der Waals surface area (Å²) >= 11 is 0. The molecule has 1 aromatic heterocycles. The van der Waals surface area contributed by atoms with Crippen molar-refractivity contribution in [1.82, 2.24) is 9.97 Å². The average molecular weight is 294 g/mol. The van der Waals surface area contributed by atoms with Gasteiger partial charge < -0.3 is 9.47 Å². The molecule has 0 saturated carbocycles. The normalized spacial score (nSPS) is 12.3. The van der Waals surface area contributed by atoms with Crippen LogP contribution < -0.4 is 16.0 Å². The molecule has 0 fully saturated rings. The third-order valence-electron chi connectivity index (χ3n) is 2.63. The number of anilines is 1. The van der Waals surface area contributed by atoms with Crippen LogP contribution in [0.4, 0.5) is 19.1 Å². The molecule has 1 heterocycles. The summed E-state index contributed by atoms with van der Waals surface area (Å²) in [5.41, 5.74) is 0.411. The smallest absolute Gasteiger partial charge is 0.433 e. The van der Waals surface area contributed by atoms with Crippen molar-refractivity contribution in [1.29, 1.82) is 0 Å². The summed E-state index contributed by atoms with van der Waals surface area (Å²) in [5, 5.41) is 0. The van der Waals surface area contributed by atoms with E-state index in [2.05, 4.69) is 9.97 Å². The molecule has 3 N–H and O–H groups in total. The van der Waals surface area contributed by atoms with Gasteiger partial charge in [-0.2, -0.15) is 18.2 Å². The zero-order valence-electron chi connectivity index (χ0n) is 11.4. The molecule has 9 heteroatoms. The quantitative estimate of drug-likeness (QED) is 0.616. The monoisotopic (exact) mass is 294 g/mol. The van der Waals surface area contributed by atoms with Gasteiger partial charge in [0.1, 0.15) is 0 Å². The van der Waals surface area contributed by atoms with E-state index in [1.165, 1.54) is 0 Å². The van der Waals surface area contributed by atoms with Crippen molar-refractivity contribution in [2.24, 2.45) is 5.84 Å². The molecule has 6 nitrogen and oxygen atoms in total. The van der Waals surface area contributed by atoms with Crippen LogP contribution in [-0.4, -0.2) is 29.3 Å². The van der Waals surface area contributed by atoms with E-state index in [1.807, 2.05) is 19.3 Å². The number of nitrogens with two attached hydrogens (primary N) is 1. The fourth-order valence-corrected chi connectivity index (χ4v) is 1.21. The minimum atomic E-state index is -4.60. The number of ether oxygens (including phenoxy) is 2. The Morgan fingerprint density at radius 3 is 2.45 bits per heavy atom. The third-order valence-corrected chi connectivity index (χ3v) is 2.63. The maximum Gasteiger partial charge on any atom is 0.433 e. The Bertz CT molecular complexity index is 452. The second kappa shape index (κ2) is 6.23. The summed E-state index contributed by atoms with van der Waals surface area (Å²) in [4.78, 5) is 6.92. The number of hydrazine groups is 1. The molecule has 0 radical (unpaired) electrons. The second-order valence-electron chi connectivity index (χ2n) is 4.62. The Kier molecular flexibility index (Phi) is 5.12. The number of alkyl halides is 3. The summed E-state index contributed by atoms with van der Waals surface area (Å²) in [6.45, 7) is 3.83. The highest BCUT2D eigenvalue weighted by Gasteiger charge is 2.34. The largest absolute Gasteiger partial charge is 0.477 e. The van der Waals surface area contributed by atoms with Gasteiger partial charge in [0.2, 0.25) is 11.8 Å². The fourth-order valence-electron chi connectivity index (χ4n) is 1.21. The summed E-state index contributed by atoms with van der Waals surface area (Å²) in [7, 11) is 1.54. The van der Waals surface area contributed by atoms with Crippen LogP contribution in [-0.2, 0) is 10.9 Å². The van der Waals surface area contributed by atoms with E-state index in [0.717, 1.165) is 6.07 Å². The molecule has 0 saturated heterocycles. The lowest BCUT2D eigenvalue weighted by Gasteiger charge is -2.22. The topological polar surface area (TPSA) is 82.3 Å². The van der Waals surface area contributed by atoms with E-state index in [4.69, 9.17) is 15.3 Å². The van der Waals surface area contributed by atoms with Crippen LogP contribution in [0.5, 0.6) is 5.88 Å². The number of halogens is 3. The highest BCUT2D eigenvalue weighted by atomic mass is 19.4. The summed E-state index contributed by atoms with van der Waals surface area (Å²) in [6, 6.07) is 0.723. The lowest BCUT2D eigenvalue weighted by atomic mass is 10.1. The molecule has 0 atom stereocenters. The maximum atomic E-state index is 12.6. The van der Waals surface area contributed by atoms with Gasteiger partial charge in [0.15, 0.2) is 5.69 Å². The number of hydrogen-bond donors (Lipinski definition) is 2. The number of nitrogens with zero attached hydrogens (tertiary/aromatic N) is 2. The molecule has 114 valence electrons. The first kappa shape index (κ1) is 16.4. The van der Waals surface area contributed by atoms with Crippen molar-refractivity contribution in [3.63, 3.8) is 0 Å². The lowest BCUT2D eigenvalue weighted by Crippen LogP contribution is -2.25. The highest BCUT2D eigenvalue weighted by Crippen LogP contribution is 2.30. The number of nitrogen functional groups attached to an aromatic ring is 1. The van der Waals surface area contributed by atoms with Gasteiger partial charge in [0, 0.05) is 19.6 Å². The number of rotatable bonds is 6. The van der Waals surface area contributed by atoms with Crippen LogP contribution >= 0.6 is 0 Å².